The molecule has 0 aromatic heterocycles. The molecule has 0 spiro atoms. The number of nitrogens with two attached hydrogens (primary N) is 1. The minimum atomic E-state index is -0.243. The van der Waals surface area contributed by atoms with Gasteiger partial charge in [0.15, 0.2) is 0 Å². The summed E-state index contributed by atoms with van der Waals surface area (Å²) in [5, 5.41) is 9.93. The van der Waals surface area contributed by atoms with Gasteiger partial charge in [-0.3, -0.25) is 5.41 Å². The van der Waals surface area contributed by atoms with Gasteiger partial charge in [-0.15, -0.1) is 0 Å². The standard InChI is InChI=1S/C17H22N2O/c1-17(2,16(18)19)10-5-11-20-15-9-8-13-6-3-4-7-14(13)12-15/h3-4,6-9,12H,5,10-11H2,1-2H3,(H3,18,19). The lowest BCUT2D eigenvalue weighted by Gasteiger charge is -2.22. The van der Waals surface area contributed by atoms with Crippen LogP contribution < -0.4 is 10.5 Å². The van der Waals surface area contributed by atoms with Crippen molar-refractivity contribution >= 4 is 16.6 Å². The Kier molecular flexibility index (Phi) is 4.28. The first-order valence-corrected chi connectivity index (χ1v) is 6.95. The smallest absolute Gasteiger partial charge is 0.119 e. The van der Waals surface area contributed by atoms with Crippen molar-refractivity contribution in [1.29, 1.82) is 5.41 Å². The van der Waals surface area contributed by atoms with E-state index in [9.17, 15) is 0 Å². The van der Waals surface area contributed by atoms with Crippen LogP contribution in [-0.2, 0) is 0 Å². The van der Waals surface area contributed by atoms with Crippen LogP contribution in [0.15, 0.2) is 42.5 Å². The molecule has 0 aliphatic carbocycles. The van der Waals surface area contributed by atoms with Crippen LogP contribution in [0.4, 0.5) is 0 Å². The normalized spacial score (nSPS) is 11.5. The fourth-order valence-electron chi connectivity index (χ4n) is 2.10. The zero-order chi connectivity index (χ0) is 14.6. The zero-order valence-corrected chi connectivity index (χ0v) is 12.1. The second-order valence-electron chi connectivity index (χ2n) is 5.76. The lowest BCUT2D eigenvalue weighted by atomic mass is 9.87. The van der Waals surface area contributed by atoms with Crippen molar-refractivity contribution in [2.75, 3.05) is 6.61 Å². The summed E-state index contributed by atoms with van der Waals surface area (Å²) >= 11 is 0. The van der Waals surface area contributed by atoms with E-state index < -0.39 is 0 Å². The fraction of sp³-hybridized carbons (Fsp3) is 0.353. The third-order valence-electron chi connectivity index (χ3n) is 3.66. The van der Waals surface area contributed by atoms with E-state index in [1.807, 2.05) is 32.0 Å². The van der Waals surface area contributed by atoms with Crippen LogP contribution in [0.3, 0.4) is 0 Å². The summed E-state index contributed by atoms with van der Waals surface area (Å²) < 4.78 is 5.78. The van der Waals surface area contributed by atoms with Crippen LogP contribution in [-0.4, -0.2) is 12.4 Å². The molecular formula is C17H22N2O. The molecule has 0 aliphatic rings. The Morgan fingerprint density at radius 2 is 1.85 bits per heavy atom. The van der Waals surface area contributed by atoms with Gasteiger partial charge in [-0.2, -0.15) is 0 Å². The second-order valence-corrected chi connectivity index (χ2v) is 5.76. The van der Waals surface area contributed by atoms with Crippen molar-refractivity contribution in [2.45, 2.75) is 26.7 Å². The summed E-state index contributed by atoms with van der Waals surface area (Å²) in [5.74, 6) is 1.13. The Morgan fingerprint density at radius 3 is 2.55 bits per heavy atom. The summed E-state index contributed by atoms with van der Waals surface area (Å²) in [6.45, 7) is 4.63. The van der Waals surface area contributed by atoms with Crippen LogP contribution in [0.25, 0.3) is 10.8 Å². The number of ether oxygens (including phenoxy) is 1. The Bertz CT molecular complexity index is 605. The molecule has 20 heavy (non-hydrogen) atoms. The molecule has 0 unspecified atom stereocenters. The number of benzene rings is 2. The number of nitrogens with one attached hydrogen (secondary N) is 1. The molecule has 3 heteroatoms. The van der Waals surface area contributed by atoms with Crippen molar-refractivity contribution in [1.82, 2.24) is 0 Å². The Hall–Kier alpha value is -2.03. The van der Waals surface area contributed by atoms with Crippen LogP contribution >= 0.6 is 0 Å². The lowest BCUT2D eigenvalue weighted by Crippen LogP contribution is -2.31. The first-order valence-electron chi connectivity index (χ1n) is 6.95. The van der Waals surface area contributed by atoms with E-state index in [-0.39, 0.29) is 11.3 Å². The third-order valence-corrected chi connectivity index (χ3v) is 3.66. The van der Waals surface area contributed by atoms with Gasteiger partial charge < -0.3 is 10.5 Å². The zero-order valence-electron chi connectivity index (χ0n) is 12.1. The van der Waals surface area contributed by atoms with Gasteiger partial charge in [0.25, 0.3) is 0 Å². The van der Waals surface area contributed by atoms with Gasteiger partial charge in [0.2, 0.25) is 0 Å². The van der Waals surface area contributed by atoms with Crippen LogP contribution in [0, 0.1) is 10.8 Å². The summed E-state index contributed by atoms with van der Waals surface area (Å²) in [6.07, 6.45) is 1.75. The van der Waals surface area contributed by atoms with E-state index in [0.29, 0.717) is 6.61 Å². The highest BCUT2D eigenvalue weighted by atomic mass is 16.5. The number of rotatable bonds is 6. The van der Waals surface area contributed by atoms with Gasteiger partial charge >= 0.3 is 0 Å². The molecule has 106 valence electrons. The van der Waals surface area contributed by atoms with E-state index in [1.54, 1.807) is 0 Å². The highest BCUT2D eigenvalue weighted by Crippen LogP contribution is 2.23. The highest BCUT2D eigenvalue weighted by molar-refractivity contribution is 5.83. The number of hydrogen-bond acceptors (Lipinski definition) is 2. The third kappa shape index (κ3) is 3.50. The van der Waals surface area contributed by atoms with Crippen molar-refractivity contribution in [2.24, 2.45) is 11.1 Å². The van der Waals surface area contributed by atoms with Crippen LogP contribution in [0.2, 0.25) is 0 Å². The van der Waals surface area contributed by atoms with E-state index in [0.717, 1.165) is 18.6 Å². The van der Waals surface area contributed by atoms with Gasteiger partial charge in [-0.05, 0) is 35.7 Å². The first kappa shape index (κ1) is 14.4. The molecule has 2 aromatic carbocycles. The molecule has 0 saturated heterocycles. The fourth-order valence-corrected chi connectivity index (χ4v) is 2.10. The maximum absolute atomic E-state index is 7.52. The van der Waals surface area contributed by atoms with Crippen molar-refractivity contribution in [3.8, 4) is 5.75 Å². The number of fused-ring (bicyclic) bond motifs is 1. The maximum atomic E-state index is 7.52. The predicted molar refractivity (Wildman–Crippen MR) is 84.4 cm³/mol. The summed E-state index contributed by atoms with van der Waals surface area (Å²) in [6, 6.07) is 14.4. The molecule has 2 aromatic rings. The maximum Gasteiger partial charge on any atom is 0.119 e. The molecule has 0 aliphatic heterocycles. The quantitative estimate of drug-likeness (QED) is 0.474. The van der Waals surface area contributed by atoms with Crippen LogP contribution in [0.5, 0.6) is 5.75 Å². The summed E-state index contributed by atoms with van der Waals surface area (Å²) in [4.78, 5) is 0. The Morgan fingerprint density at radius 1 is 1.15 bits per heavy atom. The van der Waals surface area contributed by atoms with Crippen molar-refractivity contribution < 1.29 is 4.74 Å². The summed E-state index contributed by atoms with van der Waals surface area (Å²) in [5.41, 5.74) is 5.32. The Labute approximate surface area is 120 Å². The number of amidine groups is 1. The molecule has 3 N–H and O–H groups in total. The van der Waals surface area contributed by atoms with Gasteiger partial charge in [-0.1, -0.05) is 44.2 Å². The molecule has 0 saturated carbocycles. The number of hydrogen-bond donors (Lipinski definition) is 2. The summed E-state index contributed by atoms with van der Waals surface area (Å²) in [7, 11) is 0. The van der Waals surface area contributed by atoms with Crippen molar-refractivity contribution in [3.05, 3.63) is 42.5 Å². The topological polar surface area (TPSA) is 59.1 Å². The van der Waals surface area contributed by atoms with E-state index in [2.05, 4.69) is 24.3 Å². The van der Waals surface area contributed by atoms with E-state index in [1.165, 1.54) is 10.8 Å². The average Bonchev–Trinajstić information content (AvgIpc) is 2.43. The van der Waals surface area contributed by atoms with Gasteiger partial charge in [-0.25, -0.2) is 0 Å². The van der Waals surface area contributed by atoms with Crippen molar-refractivity contribution in [3.63, 3.8) is 0 Å². The van der Waals surface area contributed by atoms with Gasteiger partial charge in [0, 0.05) is 5.41 Å². The Balaban J connectivity index is 1.88. The second kappa shape index (κ2) is 5.95. The monoisotopic (exact) mass is 270 g/mol. The molecule has 0 radical (unpaired) electrons. The van der Waals surface area contributed by atoms with Crippen LogP contribution in [0.1, 0.15) is 26.7 Å². The molecule has 0 fully saturated rings. The van der Waals surface area contributed by atoms with Gasteiger partial charge in [0.05, 0.1) is 12.4 Å². The van der Waals surface area contributed by atoms with E-state index >= 15 is 0 Å². The largest absolute Gasteiger partial charge is 0.494 e. The molecule has 2 rings (SSSR count). The average molecular weight is 270 g/mol. The first-order chi connectivity index (χ1) is 9.49. The van der Waals surface area contributed by atoms with E-state index in [4.69, 9.17) is 15.9 Å². The predicted octanol–water partition coefficient (Wildman–Crippen LogP) is 3.96. The van der Waals surface area contributed by atoms with Gasteiger partial charge in [0.1, 0.15) is 5.75 Å². The molecule has 3 nitrogen and oxygen atoms in total. The minimum Gasteiger partial charge on any atom is -0.494 e. The molecular weight excluding hydrogens is 248 g/mol. The molecule has 0 heterocycles. The SMILES string of the molecule is CC(C)(CCCOc1ccc2ccccc2c1)C(=N)N. The lowest BCUT2D eigenvalue weighted by molar-refractivity contribution is 0.287. The minimum absolute atomic E-state index is 0.239. The highest BCUT2D eigenvalue weighted by Gasteiger charge is 2.20. The molecule has 0 atom stereocenters. The molecule has 0 amide bonds. The molecule has 0 bridgehead atoms.